The van der Waals surface area contributed by atoms with E-state index in [1.807, 2.05) is 0 Å². The summed E-state index contributed by atoms with van der Waals surface area (Å²) in [5, 5.41) is 21.9. The van der Waals surface area contributed by atoms with E-state index in [-0.39, 0.29) is 22.9 Å². The first-order valence-corrected chi connectivity index (χ1v) is 7.56. The zero-order valence-corrected chi connectivity index (χ0v) is 12.0. The lowest BCUT2D eigenvalue weighted by atomic mass is 9.61. The molecule has 0 aliphatic heterocycles. The average molecular weight is 264 g/mol. The second-order valence-corrected chi connectivity index (χ2v) is 7.68. The van der Waals surface area contributed by atoms with Gasteiger partial charge in [-0.15, -0.1) is 0 Å². The molecule has 0 aromatic rings. The molecule has 0 aromatic carbocycles. The van der Waals surface area contributed by atoms with Crippen molar-refractivity contribution in [1.29, 1.82) is 0 Å². The van der Waals surface area contributed by atoms with Crippen molar-refractivity contribution >= 4 is 0 Å². The van der Waals surface area contributed by atoms with Crippen molar-refractivity contribution in [2.45, 2.75) is 51.2 Å². The largest absolute Gasteiger partial charge is 0.512 e. The molecule has 4 bridgehead atoms. The van der Waals surface area contributed by atoms with Crippen LogP contribution < -0.4 is 0 Å². The third-order valence-corrected chi connectivity index (χ3v) is 7.49. The van der Waals surface area contributed by atoms with E-state index in [0.717, 1.165) is 6.42 Å². The summed E-state index contributed by atoms with van der Waals surface area (Å²) in [5.41, 5.74) is -0.904. The van der Waals surface area contributed by atoms with E-state index in [1.54, 1.807) is 13.2 Å². The molecule has 106 valence electrons. The standard InChI is InChI=1S/C16H24O3/c1-14-6-4-5-9-8-15(14,2)16(18)11(19-3)7-10(17)13(16)12(9)14/h7,9,11-13,17-18H,4-6,8H2,1-3H3/t9-,11-,12-,13+,14-,15-,16+/m0/s1. The Bertz CT molecular complexity index is 471. The molecule has 3 heteroatoms. The molecule has 4 aliphatic rings. The van der Waals surface area contributed by atoms with Crippen LogP contribution in [0.1, 0.15) is 39.5 Å². The van der Waals surface area contributed by atoms with Gasteiger partial charge in [0.25, 0.3) is 0 Å². The molecule has 19 heavy (non-hydrogen) atoms. The van der Waals surface area contributed by atoms with Crippen molar-refractivity contribution in [3.05, 3.63) is 11.8 Å². The van der Waals surface area contributed by atoms with Gasteiger partial charge < -0.3 is 14.9 Å². The SMILES string of the molecule is CO[C@H]1C=C(O)[C@@H]2[C@@H]3[C@H]4CCC[C@]3(C)[C@](C)(C4)[C@@]12O. The van der Waals surface area contributed by atoms with Gasteiger partial charge in [0, 0.05) is 12.5 Å². The first-order valence-electron chi connectivity index (χ1n) is 7.56. The molecule has 4 rings (SSSR count). The van der Waals surface area contributed by atoms with E-state index in [1.165, 1.54) is 19.3 Å². The summed E-state index contributed by atoms with van der Waals surface area (Å²) in [6, 6.07) is 0. The van der Waals surface area contributed by atoms with Gasteiger partial charge in [-0.05, 0) is 36.2 Å². The summed E-state index contributed by atoms with van der Waals surface area (Å²) >= 11 is 0. The normalized spacial score (nSPS) is 62.2. The van der Waals surface area contributed by atoms with Crippen LogP contribution >= 0.6 is 0 Å². The smallest absolute Gasteiger partial charge is 0.110 e. The van der Waals surface area contributed by atoms with Crippen LogP contribution in [-0.4, -0.2) is 29.0 Å². The molecule has 0 unspecified atom stereocenters. The molecule has 0 radical (unpaired) electrons. The van der Waals surface area contributed by atoms with Gasteiger partial charge in [-0.25, -0.2) is 0 Å². The average Bonchev–Trinajstić information content (AvgIpc) is 2.75. The molecule has 4 aliphatic carbocycles. The lowest BCUT2D eigenvalue weighted by Gasteiger charge is -2.48. The van der Waals surface area contributed by atoms with Crippen LogP contribution in [0.4, 0.5) is 0 Å². The molecule has 7 atom stereocenters. The summed E-state index contributed by atoms with van der Waals surface area (Å²) in [6.45, 7) is 4.58. The van der Waals surface area contributed by atoms with Gasteiger partial charge in [-0.3, -0.25) is 0 Å². The van der Waals surface area contributed by atoms with Crippen LogP contribution in [0.3, 0.4) is 0 Å². The highest BCUT2D eigenvalue weighted by molar-refractivity contribution is 5.38. The molecule has 0 spiro atoms. The van der Waals surface area contributed by atoms with Crippen LogP contribution in [0.15, 0.2) is 11.8 Å². The maximum absolute atomic E-state index is 11.5. The van der Waals surface area contributed by atoms with Gasteiger partial charge in [-0.1, -0.05) is 26.7 Å². The molecule has 3 nitrogen and oxygen atoms in total. The Hall–Kier alpha value is -0.540. The minimum atomic E-state index is -0.911. The van der Waals surface area contributed by atoms with Crippen molar-refractivity contribution in [3.63, 3.8) is 0 Å². The van der Waals surface area contributed by atoms with Gasteiger partial charge in [0.05, 0.1) is 11.7 Å². The fourth-order valence-electron chi connectivity index (χ4n) is 6.64. The molecule has 0 aromatic heterocycles. The summed E-state index contributed by atoms with van der Waals surface area (Å²) in [6.07, 6.45) is 6.17. The van der Waals surface area contributed by atoms with Crippen molar-refractivity contribution in [2.75, 3.05) is 7.11 Å². The van der Waals surface area contributed by atoms with Crippen molar-refractivity contribution in [1.82, 2.24) is 0 Å². The van der Waals surface area contributed by atoms with Crippen molar-refractivity contribution in [3.8, 4) is 0 Å². The van der Waals surface area contributed by atoms with Crippen LogP contribution in [0.25, 0.3) is 0 Å². The fourth-order valence-corrected chi connectivity index (χ4v) is 6.64. The Morgan fingerprint density at radius 2 is 2.11 bits per heavy atom. The molecular weight excluding hydrogens is 240 g/mol. The number of hydrogen-bond acceptors (Lipinski definition) is 3. The Morgan fingerprint density at radius 1 is 1.37 bits per heavy atom. The highest BCUT2D eigenvalue weighted by atomic mass is 16.5. The Labute approximate surface area is 114 Å². The van der Waals surface area contributed by atoms with Crippen LogP contribution in [-0.2, 0) is 4.74 Å². The summed E-state index contributed by atoms with van der Waals surface area (Å²) in [7, 11) is 1.64. The van der Waals surface area contributed by atoms with Gasteiger partial charge in [-0.2, -0.15) is 0 Å². The third-order valence-electron chi connectivity index (χ3n) is 7.49. The fraction of sp³-hybridized carbons (Fsp3) is 0.875. The van der Waals surface area contributed by atoms with Crippen LogP contribution in [0, 0.1) is 28.6 Å². The van der Waals surface area contributed by atoms with E-state index >= 15 is 0 Å². The topological polar surface area (TPSA) is 49.7 Å². The number of aliphatic hydroxyl groups excluding tert-OH is 1. The van der Waals surface area contributed by atoms with Crippen molar-refractivity contribution in [2.24, 2.45) is 28.6 Å². The number of rotatable bonds is 1. The number of aliphatic hydroxyl groups is 2. The van der Waals surface area contributed by atoms with Crippen LogP contribution in [0.2, 0.25) is 0 Å². The van der Waals surface area contributed by atoms with Gasteiger partial charge >= 0.3 is 0 Å². The van der Waals surface area contributed by atoms with E-state index in [4.69, 9.17) is 4.74 Å². The van der Waals surface area contributed by atoms with E-state index in [9.17, 15) is 10.2 Å². The first-order chi connectivity index (χ1) is 8.90. The predicted octanol–water partition coefficient (Wildman–Crippen LogP) is 2.65. The maximum Gasteiger partial charge on any atom is 0.110 e. The molecule has 2 N–H and O–H groups in total. The van der Waals surface area contributed by atoms with E-state index in [0.29, 0.717) is 17.6 Å². The van der Waals surface area contributed by atoms with Gasteiger partial charge in [0.2, 0.25) is 0 Å². The number of ether oxygens (including phenoxy) is 1. The summed E-state index contributed by atoms with van der Waals surface area (Å²) in [4.78, 5) is 0. The van der Waals surface area contributed by atoms with E-state index < -0.39 is 5.60 Å². The lowest BCUT2D eigenvalue weighted by Crippen LogP contribution is -2.57. The maximum atomic E-state index is 11.5. The van der Waals surface area contributed by atoms with Crippen LogP contribution in [0.5, 0.6) is 0 Å². The van der Waals surface area contributed by atoms with Gasteiger partial charge in [0.15, 0.2) is 0 Å². The third kappa shape index (κ3) is 0.974. The lowest BCUT2D eigenvalue weighted by molar-refractivity contribution is -0.170. The van der Waals surface area contributed by atoms with Gasteiger partial charge in [0.1, 0.15) is 11.7 Å². The Balaban J connectivity index is 1.93. The monoisotopic (exact) mass is 264 g/mol. The molecule has 0 amide bonds. The van der Waals surface area contributed by atoms with E-state index in [2.05, 4.69) is 13.8 Å². The summed E-state index contributed by atoms with van der Waals surface area (Å²) < 4.78 is 5.52. The predicted molar refractivity (Wildman–Crippen MR) is 71.6 cm³/mol. The second-order valence-electron chi connectivity index (χ2n) is 7.68. The minimum absolute atomic E-state index is 0.105. The minimum Gasteiger partial charge on any atom is -0.512 e. The first kappa shape index (κ1) is 12.2. The number of hydrogen-bond donors (Lipinski definition) is 2. The zero-order chi connectivity index (χ0) is 13.6. The number of fused-ring (bicyclic) bond motifs is 2. The molecule has 0 heterocycles. The van der Waals surface area contributed by atoms with Crippen molar-refractivity contribution < 1.29 is 14.9 Å². The molecule has 3 saturated carbocycles. The molecule has 0 saturated heterocycles. The highest BCUT2D eigenvalue weighted by Gasteiger charge is 2.81. The second kappa shape index (κ2) is 3.20. The zero-order valence-electron chi connectivity index (χ0n) is 12.0. The molecule has 3 fully saturated rings. The Kier molecular flexibility index (Phi) is 2.06. The Morgan fingerprint density at radius 3 is 2.79 bits per heavy atom. The highest BCUT2D eigenvalue weighted by Crippen LogP contribution is 2.80. The summed E-state index contributed by atoms with van der Waals surface area (Å²) in [5.74, 6) is 1.36. The molecular formula is C16H24O3. The number of methoxy groups -OCH3 is 1. The quantitative estimate of drug-likeness (QED) is 0.765.